The van der Waals surface area contributed by atoms with Gasteiger partial charge in [-0.15, -0.1) is 24.0 Å². The van der Waals surface area contributed by atoms with Crippen molar-refractivity contribution in [1.29, 1.82) is 0 Å². The molecule has 1 aromatic heterocycles. The lowest BCUT2D eigenvalue weighted by molar-refractivity contribution is -0.00805. The SMILES string of the molecule is CCNC(=NCC(CC(C)C)NC(=O)OCC)N1CCOC(c2cnn(C)c2)C1.I. The number of rotatable bonds is 8. The molecule has 30 heavy (non-hydrogen) atoms. The molecule has 2 heterocycles. The van der Waals surface area contributed by atoms with Crippen molar-refractivity contribution in [2.75, 3.05) is 39.4 Å². The Morgan fingerprint density at radius 3 is 2.80 bits per heavy atom. The van der Waals surface area contributed by atoms with E-state index in [9.17, 15) is 4.79 Å². The van der Waals surface area contributed by atoms with Gasteiger partial charge in [0, 0.05) is 31.9 Å². The van der Waals surface area contributed by atoms with E-state index < -0.39 is 0 Å². The highest BCUT2D eigenvalue weighted by Gasteiger charge is 2.25. The van der Waals surface area contributed by atoms with Gasteiger partial charge in [0.15, 0.2) is 5.96 Å². The number of aryl methyl sites for hydroxylation is 1. The Hall–Kier alpha value is -1.56. The molecule has 0 aliphatic carbocycles. The first kappa shape index (κ1) is 26.5. The molecule has 2 N–H and O–H groups in total. The zero-order valence-electron chi connectivity index (χ0n) is 18.8. The fourth-order valence-electron chi connectivity index (χ4n) is 3.36. The summed E-state index contributed by atoms with van der Waals surface area (Å²) in [5.41, 5.74) is 1.06. The van der Waals surface area contributed by atoms with Crippen LogP contribution < -0.4 is 10.6 Å². The van der Waals surface area contributed by atoms with Crippen LogP contribution in [0.4, 0.5) is 4.79 Å². The summed E-state index contributed by atoms with van der Waals surface area (Å²) in [7, 11) is 1.90. The van der Waals surface area contributed by atoms with Gasteiger partial charge in [0.2, 0.25) is 0 Å². The van der Waals surface area contributed by atoms with Gasteiger partial charge in [-0.1, -0.05) is 13.8 Å². The van der Waals surface area contributed by atoms with Crippen LogP contribution in [0.15, 0.2) is 17.4 Å². The predicted octanol–water partition coefficient (Wildman–Crippen LogP) is 2.54. The van der Waals surface area contributed by atoms with Crippen LogP contribution in [-0.2, 0) is 16.5 Å². The van der Waals surface area contributed by atoms with Crippen molar-refractivity contribution in [3.05, 3.63) is 18.0 Å². The molecule has 1 aliphatic rings. The Kier molecular flexibility index (Phi) is 12.1. The van der Waals surface area contributed by atoms with E-state index in [1.165, 1.54) is 0 Å². The number of hydrogen-bond donors (Lipinski definition) is 2. The third kappa shape index (κ3) is 8.66. The summed E-state index contributed by atoms with van der Waals surface area (Å²) in [6.45, 7) is 11.8. The third-order valence-corrected chi connectivity index (χ3v) is 4.61. The predicted molar refractivity (Wildman–Crippen MR) is 128 cm³/mol. The molecule has 1 saturated heterocycles. The highest BCUT2D eigenvalue weighted by atomic mass is 127. The van der Waals surface area contributed by atoms with Crippen LogP contribution in [0, 0.1) is 5.92 Å². The van der Waals surface area contributed by atoms with E-state index in [-0.39, 0.29) is 42.2 Å². The van der Waals surface area contributed by atoms with Gasteiger partial charge in [0.05, 0.1) is 38.5 Å². The van der Waals surface area contributed by atoms with Crippen molar-refractivity contribution < 1.29 is 14.3 Å². The average Bonchev–Trinajstić information content (AvgIpc) is 3.11. The second-order valence-electron chi connectivity index (χ2n) is 7.64. The number of guanidine groups is 1. The summed E-state index contributed by atoms with van der Waals surface area (Å²) >= 11 is 0. The molecular weight excluding hydrogens is 499 g/mol. The standard InChI is InChI=1S/C20H36N6O3.HI/c1-6-21-19(22-12-17(10-15(3)4)24-20(27)28-7-2)26-8-9-29-18(14-26)16-11-23-25(5)13-16;/h11,13,15,17-18H,6-10,12,14H2,1-5H3,(H,21,22)(H,24,27);1H. The zero-order valence-corrected chi connectivity index (χ0v) is 21.1. The van der Waals surface area contributed by atoms with Gasteiger partial charge < -0.3 is 25.0 Å². The number of carbonyl (C=O) groups is 1. The maximum atomic E-state index is 11.9. The molecule has 2 atom stereocenters. The maximum absolute atomic E-state index is 11.9. The Labute approximate surface area is 197 Å². The maximum Gasteiger partial charge on any atom is 0.407 e. The number of aliphatic imine (C=N–C) groups is 1. The molecule has 0 spiro atoms. The normalized spacial score (nSPS) is 18.0. The number of alkyl carbamates (subject to hydrolysis) is 1. The molecule has 0 radical (unpaired) electrons. The zero-order chi connectivity index (χ0) is 21.2. The van der Waals surface area contributed by atoms with Crippen molar-refractivity contribution in [1.82, 2.24) is 25.3 Å². The lowest BCUT2D eigenvalue weighted by Crippen LogP contribution is -2.49. The van der Waals surface area contributed by atoms with Crippen LogP contribution in [0.2, 0.25) is 0 Å². The summed E-state index contributed by atoms with van der Waals surface area (Å²) < 4.78 is 12.8. The molecule has 0 aromatic carbocycles. The molecule has 1 aromatic rings. The van der Waals surface area contributed by atoms with Crippen molar-refractivity contribution in [2.24, 2.45) is 18.0 Å². The summed E-state index contributed by atoms with van der Waals surface area (Å²) in [5, 5.41) is 10.6. The van der Waals surface area contributed by atoms with Crippen molar-refractivity contribution in [2.45, 2.75) is 46.3 Å². The fourth-order valence-corrected chi connectivity index (χ4v) is 3.36. The van der Waals surface area contributed by atoms with Crippen LogP contribution in [0.3, 0.4) is 0 Å². The van der Waals surface area contributed by atoms with Gasteiger partial charge in [0.1, 0.15) is 6.10 Å². The number of nitrogens with one attached hydrogen (secondary N) is 2. The number of hydrogen-bond acceptors (Lipinski definition) is 5. The molecular formula is C20H37IN6O3. The molecule has 2 unspecified atom stereocenters. The monoisotopic (exact) mass is 536 g/mol. The third-order valence-electron chi connectivity index (χ3n) is 4.61. The van der Waals surface area contributed by atoms with Gasteiger partial charge in [-0.2, -0.15) is 5.10 Å². The van der Waals surface area contributed by atoms with E-state index in [2.05, 4.69) is 41.4 Å². The second-order valence-corrected chi connectivity index (χ2v) is 7.64. The van der Waals surface area contributed by atoms with Crippen LogP contribution in [0.25, 0.3) is 0 Å². The molecule has 2 rings (SSSR count). The first-order valence-corrected chi connectivity index (χ1v) is 10.5. The van der Waals surface area contributed by atoms with E-state index in [4.69, 9.17) is 14.5 Å². The number of morpholine rings is 1. The largest absolute Gasteiger partial charge is 0.450 e. The smallest absolute Gasteiger partial charge is 0.407 e. The van der Waals surface area contributed by atoms with E-state index >= 15 is 0 Å². The Morgan fingerprint density at radius 2 is 2.20 bits per heavy atom. The Bertz CT molecular complexity index is 667. The van der Waals surface area contributed by atoms with E-state index in [0.717, 1.165) is 31.0 Å². The quantitative estimate of drug-likeness (QED) is 0.302. The molecule has 9 nitrogen and oxygen atoms in total. The van der Waals surface area contributed by atoms with Gasteiger partial charge >= 0.3 is 6.09 Å². The number of nitrogens with zero attached hydrogens (tertiary/aromatic N) is 4. The summed E-state index contributed by atoms with van der Waals surface area (Å²) in [5.74, 6) is 1.28. The van der Waals surface area contributed by atoms with E-state index in [1.54, 1.807) is 11.6 Å². The highest BCUT2D eigenvalue weighted by molar-refractivity contribution is 14.0. The lowest BCUT2D eigenvalue weighted by Gasteiger charge is -2.35. The first-order chi connectivity index (χ1) is 13.9. The highest BCUT2D eigenvalue weighted by Crippen LogP contribution is 2.21. The number of amides is 1. The molecule has 1 amide bonds. The van der Waals surface area contributed by atoms with Gasteiger partial charge in [0.25, 0.3) is 0 Å². The van der Waals surface area contributed by atoms with Crippen LogP contribution in [-0.4, -0.2) is 72.2 Å². The van der Waals surface area contributed by atoms with Gasteiger partial charge in [-0.05, 0) is 26.2 Å². The number of carbonyl (C=O) groups excluding carboxylic acids is 1. The fraction of sp³-hybridized carbons (Fsp3) is 0.750. The molecule has 1 aliphatic heterocycles. The molecule has 1 fully saturated rings. The summed E-state index contributed by atoms with van der Waals surface area (Å²) in [4.78, 5) is 18.9. The number of aromatic nitrogens is 2. The molecule has 0 bridgehead atoms. The Balaban J connectivity index is 0.00000450. The number of halogens is 1. The lowest BCUT2D eigenvalue weighted by atomic mass is 10.0. The molecule has 10 heteroatoms. The van der Waals surface area contributed by atoms with Crippen molar-refractivity contribution in [3.8, 4) is 0 Å². The second kappa shape index (κ2) is 13.7. The number of ether oxygens (including phenoxy) is 2. The minimum Gasteiger partial charge on any atom is -0.450 e. The van der Waals surface area contributed by atoms with Gasteiger partial charge in [-0.3, -0.25) is 9.67 Å². The van der Waals surface area contributed by atoms with Crippen molar-refractivity contribution in [3.63, 3.8) is 0 Å². The average molecular weight is 536 g/mol. The summed E-state index contributed by atoms with van der Waals surface area (Å²) in [6.07, 6.45) is 4.25. The van der Waals surface area contributed by atoms with Crippen LogP contribution in [0.5, 0.6) is 0 Å². The topological polar surface area (TPSA) is 93.0 Å². The van der Waals surface area contributed by atoms with Crippen LogP contribution >= 0.6 is 24.0 Å². The first-order valence-electron chi connectivity index (χ1n) is 10.5. The van der Waals surface area contributed by atoms with Crippen LogP contribution in [0.1, 0.15) is 45.8 Å². The van der Waals surface area contributed by atoms with Gasteiger partial charge in [-0.25, -0.2) is 4.79 Å². The van der Waals surface area contributed by atoms with E-state index in [0.29, 0.717) is 32.2 Å². The Morgan fingerprint density at radius 1 is 1.43 bits per heavy atom. The van der Waals surface area contributed by atoms with Crippen molar-refractivity contribution >= 4 is 36.0 Å². The minimum absolute atomic E-state index is 0. The van der Waals surface area contributed by atoms with E-state index in [1.807, 2.05) is 19.4 Å². The molecule has 172 valence electrons. The summed E-state index contributed by atoms with van der Waals surface area (Å²) in [6, 6.07) is -0.0714. The minimum atomic E-state index is -0.388. The molecule has 0 saturated carbocycles.